The molecule has 0 aliphatic heterocycles. The minimum atomic E-state index is 0.556. The molecule has 0 saturated carbocycles. The Labute approximate surface area is 117 Å². The van der Waals surface area contributed by atoms with Gasteiger partial charge in [0.2, 0.25) is 5.88 Å². The third kappa shape index (κ3) is 3.86. The molecule has 0 aliphatic rings. The lowest BCUT2D eigenvalue weighted by Gasteiger charge is -2.09. The van der Waals surface area contributed by atoms with E-state index in [0.717, 1.165) is 23.7 Å². The Bertz CT molecular complexity index is 560. The average Bonchev–Trinajstić information content (AvgIpc) is 2.39. The number of aryl methyl sites for hydroxylation is 1. The molecule has 2 rings (SSSR count). The van der Waals surface area contributed by atoms with Gasteiger partial charge in [-0.3, -0.25) is 0 Å². The molecule has 0 amide bonds. The summed E-state index contributed by atoms with van der Waals surface area (Å²) in [5.41, 5.74) is 1.16. The van der Waals surface area contributed by atoms with E-state index in [2.05, 4.69) is 15.3 Å². The first-order valence-electron chi connectivity index (χ1n) is 6.12. The van der Waals surface area contributed by atoms with Crippen molar-refractivity contribution in [1.82, 2.24) is 9.97 Å². The molecular formula is C14H17N3OS. The van der Waals surface area contributed by atoms with Crippen LogP contribution in [-0.2, 0) is 0 Å². The second-order valence-electron chi connectivity index (χ2n) is 4.03. The maximum absolute atomic E-state index is 5.78. The molecule has 0 atom stereocenters. The van der Waals surface area contributed by atoms with Crippen molar-refractivity contribution in [3.63, 3.8) is 0 Å². The fourth-order valence-electron chi connectivity index (χ4n) is 1.62. The van der Waals surface area contributed by atoms with E-state index in [1.165, 1.54) is 11.8 Å². The van der Waals surface area contributed by atoms with Crippen LogP contribution in [0.2, 0.25) is 0 Å². The van der Waals surface area contributed by atoms with Crippen molar-refractivity contribution in [3.8, 4) is 11.6 Å². The van der Waals surface area contributed by atoms with Gasteiger partial charge in [0, 0.05) is 12.6 Å². The van der Waals surface area contributed by atoms with Gasteiger partial charge in [-0.15, -0.1) is 0 Å². The number of thioether (sulfide) groups is 1. The number of benzene rings is 1. The largest absolute Gasteiger partial charge is 0.439 e. The van der Waals surface area contributed by atoms with Gasteiger partial charge in [0.25, 0.3) is 0 Å². The Kier molecular flexibility index (Phi) is 4.63. The first-order valence-corrected chi connectivity index (χ1v) is 7.35. The molecule has 0 bridgehead atoms. The summed E-state index contributed by atoms with van der Waals surface area (Å²) in [7, 11) is 0. The standard InChI is InChI=1S/C14H17N3OS/c1-4-15-12-9-13(17-14(16-12)19-3)18-11-7-5-6-10(2)8-11/h5-9H,4H2,1-3H3,(H,15,16,17). The first-order chi connectivity index (χ1) is 9.21. The van der Waals surface area contributed by atoms with E-state index in [0.29, 0.717) is 11.0 Å². The maximum Gasteiger partial charge on any atom is 0.225 e. The lowest BCUT2D eigenvalue weighted by molar-refractivity contribution is 0.456. The molecule has 2 aromatic rings. The monoisotopic (exact) mass is 275 g/mol. The Morgan fingerprint density at radius 2 is 2.11 bits per heavy atom. The number of hydrogen-bond donors (Lipinski definition) is 1. The van der Waals surface area contributed by atoms with Crippen LogP contribution in [0.1, 0.15) is 12.5 Å². The van der Waals surface area contributed by atoms with Gasteiger partial charge < -0.3 is 10.1 Å². The molecule has 0 fully saturated rings. The normalized spacial score (nSPS) is 10.3. The van der Waals surface area contributed by atoms with Crippen LogP contribution < -0.4 is 10.1 Å². The van der Waals surface area contributed by atoms with E-state index in [1.54, 1.807) is 0 Å². The topological polar surface area (TPSA) is 47.0 Å². The maximum atomic E-state index is 5.78. The van der Waals surface area contributed by atoms with E-state index in [1.807, 2.05) is 50.4 Å². The Morgan fingerprint density at radius 1 is 1.26 bits per heavy atom. The van der Waals surface area contributed by atoms with Crippen LogP contribution in [0.15, 0.2) is 35.5 Å². The van der Waals surface area contributed by atoms with Crippen LogP contribution in [0.3, 0.4) is 0 Å². The predicted octanol–water partition coefficient (Wildman–Crippen LogP) is 3.73. The number of hydrogen-bond acceptors (Lipinski definition) is 5. The van der Waals surface area contributed by atoms with Gasteiger partial charge in [-0.25, -0.2) is 4.98 Å². The molecule has 19 heavy (non-hydrogen) atoms. The van der Waals surface area contributed by atoms with E-state index in [-0.39, 0.29) is 0 Å². The molecule has 0 spiro atoms. The average molecular weight is 275 g/mol. The molecule has 1 N–H and O–H groups in total. The number of nitrogens with zero attached hydrogens (tertiary/aromatic N) is 2. The Morgan fingerprint density at radius 3 is 2.79 bits per heavy atom. The van der Waals surface area contributed by atoms with E-state index in [9.17, 15) is 0 Å². The first kappa shape index (κ1) is 13.7. The van der Waals surface area contributed by atoms with Gasteiger partial charge >= 0.3 is 0 Å². The van der Waals surface area contributed by atoms with Crippen LogP contribution in [0.25, 0.3) is 0 Å². The van der Waals surface area contributed by atoms with Gasteiger partial charge in [-0.05, 0) is 37.8 Å². The highest BCUT2D eigenvalue weighted by Gasteiger charge is 2.05. The zero-order valence-corrected chi connectivity index (χ0v) is 12.1. The minimum Gasteiger partial charge on any atom is -0.439 e. The minimum absolute atomic E-state index is 0.556. The summed E-state index contributed by atoms with van der Waals surface area (Å²) in [5, 5.41) is 3.87. The van der Waals surface area contributed by atoms with Crippen molar-refractivity contribution in [2.45, 2.75) is 19.0 Å². The van der Waals surface area contributed by atoms with Crippen molar-refractivity contribution in [1.29, 1.82) is 0 Å². The van der Waals surface area contributed by atoms with E-state index < -0.39 is 0 Å². The molecule has 0 unspecified atom stereocenters. The van der Waals surface area contributed by atoms with Crippen LogP contribution in [0, 0.1) is 6.92 Å². The number of nitrogens with one attached hydrogen (secondary N) is 1. The van der Waals surface area contributed by atoms with Gasteiger partial charge in [0.15, 0.2) is 5.16 Å². The highest BCUT2D eigenvalue weighted by Crippen LogP contribution is 2.24. The van der Waals surface area contributed by atoms with Crippen molar-refractivity contribution >= 4 is 17.6 Å². The lowest BCUT2D eigenvalue weighted by atomic mass is 10.2. The number of ether oxygens (including phenoxy) is 1. The summed E-state index contributed by atoms with van der Waals surface area (Å²) < 4.78 is 5.78. The van der Waals surface area contributed by atoms with E-state index in [4.69, 9.17) is 4.74 Å². The fourth-order valence-corrected chi connectivity index (χ4v) is 1.99. The predicted molar refractivity (Wildman–Crippen MR) is 79.2 cm³/mol. The summed E-state index contributed by atoms with van der Waals surface area (Å²) in [5.74, 6) is 2.12. The quantitative estimate of drug-likeness (QED) is 0.665. The van der Waals surface area contributed by atoms with Gasteiger partial charge in [0.05, 0.1) is 0 Å². The summed E-state index contributed by atoms with van der Waals surface area (Å²) in [6.45, 7) is 4.88. The molecule has 0 radical (unpaired) electrons. The molecule has 100 valence electrons. The summed E-state index contributed by atoms with van der Waals surface area (Å²) in [6.07, 6.45) is 1.95. The van der Waals surface area contributed by atoms with Crippen molar-refractivity contribution < 1.29 is 4.74 Å². The molecule has 1 heterocycles. The molecule has 0 saturated heterocycles. The molecular weight excluding hydrogens is 258 g/mol. The summed E-state index contributed by atoms with van der Waals surface area (Å²) in [6, 6.07) is 9.71. The van der Waals surface area contributed by atoms with Gasteiger partial charge in [-0.1, -0.05) is 23.9 Å². The van der Waals surface area contributed by atoms with E-state index >= 15 is 0 Å². The van der Waals surface area contributed by atoms with Gasteiger partial charge in [0.1, 0.15) is 11.6 Å². The molecule has 0 aliphatic carbocycles. The third-order valence-electron chi connectivity index (χ3n) is 2.43. The highest BCUT2D eigenvalue weighted by atomic mass is 32.2. The SMILES string of the molecule is CCNc1cc(Oc2cccc(C)c2)nc(SC)n1. The van der Waals surface area contributed by atoms with Crippen molar-refractivity contribution in [2.24, 2.45) is 0 Å². The number of rotatable bonds is 5. The van der Waals surface area contributed by atoms with Crippen LogP contribution >= 0.6 is 11.8 Å². The lowest BCUT2D eigenvalue weighted by Crippen LogP contribution is -2.02. The second-order valence-corrected chi connectivity index (χ2v) is 4.80. The Hall–Kier alpha value is -1.75. The number of aromatic nitrogens is 2. The van der Waals surface area contributed by atoms with Crippen LogP contribution in [0.4, 0.5) is 5.82 Å². The third-order valence-corrected chi connectivity index (χ3v) is 2.98. The zero-order valence-electron chi connectivity index (χ0n) is 11.3. The molecule has 5 heteroatoms. The molecule has 1 aromatic carbocycles. The van der Waals surface area contributed by atoms with Crippen LogP contribution in [0.5, 0.6) is 11.6 Å². The summed E-state index contributed by atoms with van der Waals surface area (Å²) >= 11 is 1.49. The summed E-state index contributed by atoms with van der Waals surface area (Å²) in [4.78, 5) is 8.71. The highest BCUT2D eigenvalue weighted by molar-refractivity contribution is 7.98. The van der Waals surface area contributed by atoms with Crippen LogP contribution in [-0.4, -0.2) is 22.8 Å². The van der Waals surface area contributed by atoms with Crippen molar-refractivity contribution in [3.05, 3.63) is 35.9 Å². The molecule has 1 aromatic heterocycles. The fraction of sp³-hybridized carbons (Fsp3) is 0.286. The number of anilines is 1. The Balaban J connectivity index is 2.26. The van der Waals surface area contributed by atoms with Crippen molar-refractivity contribution in [2.75, 3.05) is 18.1 Å². The molecule has 4 nitrogen and oxygen atoms in total. The zero-order chi connectivity index (χ0) is 13.7. The van der Waals surface area contributed by atoms with Gasteiger partial charge in [-0.2, -0.15) is 4.98 Å². The smallest absolute Gasteiger partial charge is 0.225 e. The second kappa shape index (κ2) is 6.43.